The molecule has 0 unspecified atom stereocenters. The molecular formula is C14H17N2O2P. The molecule has 0 radical (unpaired) electrons. The number of hydrogen-bond acceptors (Lipinski definition) is 3. The van der Waals surface area contributed by atoms with Gasteiger partial charge < -0.3 is 4.52 Å². The lowest BCUT2D eigenvalue weighted by Gasteiger charge is -2.17. The summed E-state index contributed by atoms with van der Waals surface area (Å²) in [5.74, 6) is 1.14. The first-order valence-electron chi connectivity index (χ1n) is 5.99. The monoisotopic (exact) mass is 276 g/mol. The molecule has 0 bridgehead atoms. The Bertz CT molecular complexity index is 594. The molecule has 1 heterocycles. The van der Waals surface area contributed by atoms with Crippen molar-refractivity contribution in [3.05, 3.63) is 53.7 Å². The quantitative estimate of drug-likeness (QED) is 0.857. The number of rotatable bonds is 4. The molecule has 2 aromatic rings. The van der Waals surface area contributed by atoms with E-state index in [9.17, 15) is 4.57 Å². The van der Waals surface area contributed by atoms with Crippen LogP contribution in [-0.2, 0) is 4.57 Å². The van der Waals surface area contributed by atoms with Gasteiger partial charge in [0.1, 0.15) is 11.6 Å². The Hall–Kier alpha value is -1.80. The summed E-state index contributed by atoms with van der Waals surface area (Å²) in [6, 6.07) is 11.1. The second kappa shape index (κ2) is 5.45. The van der Waals surface area contributed by atoms with Crippen molar-refractivity contribution < 1.29 is 9.09 Å². The predicted octanol–water partition coefficient (Wildman–Crippen LogP) is 4.01. The van der Waals surface area contributed by atoms with Crippen LogP contribution in [0.1, 0.15) is 11.1 Å². The SMILES string of the molecule is Cc1cc(C)cc(O[P@@](C)(=O)Nc2ccccn2)c1. The fourth-order valence-corrected chi connectivity index (χ4v) is 2.95. The Kier molecular flexibility index (Phi) is 3.91. The molecule has 1 N–H and O–H groups in total. The number of anilines is 1. The first-order chi connectivity index (χ1) is 8.94. The van der Waals surface area contributed by atoms with Gasteiger partial charge in [-0.3, -0.25) is 9.65 Å². The first kappa shape index (κ1) is 13.6. The lowest BCUT2D eigenvalue weighted by Crippen LogP contribution is -2.03. The van der Waals surface area contributed by atoms with E-state index < -0.39 is 7.52 Å². The molecule has 0 spiro atoms. The number of pyridine rings is 1. The van der Waals surface area contributed by atoms with Crippen LogP contribution in [0.4, 0.5) is 5.82 Å². The molecule has 2 rings (SSSR count). The van der Waals surface area contributed by atoms with Crippen molar-refractivity contribution in [2.75, 3.05) is 11.8 Å². The summed E-state index contributed by atoms with van der Waals surface area (Å²) >= 11 is 0. The zero-order chi connectivity index (χ0) is 13.9. The van der Waals surface area contributed by atoms with Gasteiger partial charge in [0.25, 0.3) is 0 Å². The maximum absolute atomic E-state index is 12.4. The highest BCUT2D eigenvalue weighted by molar-refractivity contribution is 7.60. The molecule has 1 aromatic heterocycles. The number of benzene rings is 1. The van der Waals surface area contributed by atoms with E-state index >= 15 is 0 Å². The van der Waals surface area contributed by atoms with Crippen LogP contribution in [0.25, 0.3) is 0 Å². The summed E-state index contributed by atoms with van der Waals surface area (Å²) in [7, 11) is -2.99. The standard InChI is InChI=1S/C14H17N2O2P/c1-11-8-12(2)10-13(9-11)18-19(3,17)16-14-6-4-5-7-15-14/h4-10H,1-3H3,(H,15,16,17)/t19-/m1/s1. The van der Waals surface area contributed by atoms with Crippen LogP contribution < -0.4 is 9.61 Å². The van der Waals surface area contributed by atoms with E-state index in [-0.39, 0.29) is 0 Å². The summed E-state index contributed by atoms with van der Waals surface area (Å²) in [6.07, 6.45) is 1.64. The summed E-state index contributed by atoms with van der Waals surface area (Å²) in [5.41, 5.74) is 2.15. The third kappa shape index (κ3) is 4.11. The molecule has 5 heteroatoms. The largest absolute Gasteiger partial charge is 0.429 e. The van der Waals surface area contributed by atoms with Crippen molar-refractivity contribution in [2.24, 2.45) is 0 Å². The Labute approximate surface area is 113 Å². The van der Waals surface area contributed by atoms with Crippen molar-refractivity contribution in [1.29, 1.82) is 0 Å². The molecule has 0 aliphatic heterocycles. The van der Waals surface area contributed by atoms with Crippen molar-refractivity contribution in [3.63, 3.8) is 0 Å². The van der Waals surface area contributed by atoms with Gasteiger partial charge in [0.2, 0.25) is 0 Å². The Morgan fingerprint density at radius 2 is 1.84 bits per heavy atom. The number of hydrogen-bond donors (Lipinski definition) is 1. The van der Waals surface area contributed by atoms with Crippen molar-refractivity contribution in [1.82, 2.24) is 4.98 Å². The van der Waals surface area contributed by atoms with E-state index in [0.29, 0.717) is 11.6 Å². The maximum atomic E-state index is 12.4. The third-order valence-electron chi connectivity index (χ3n) is 2.46. The molecule has 0 saturated carbocycles. The summed E-state index contributed by atoms with van der Waals surface area (Å²) in [4.78, 5) is 4.08. The molecule has 1 atom stereocenters. The van der Waals surface area contributed by atoms with Gasteiger partial charge in [0.15, 0.2) is 0 Å². The molecule has 0 aliphatic rings. The number of nitrogens with one attached hydrogen (secondary N) is 1. The second-order valence-corrected chi connectivity index (χ2v) is 6.69. The average Bonchev–Trinajstić information content (AvgIpc) is 2.27. The van der Waals surface area contributed by atoms with Crippen LogP contribution in [0.3, 0.4) is 0 Å². The average molecular weight is 276 g/mol. The maximum Gasteiger partial charge on any atom is 0.339 e. The zero-order valence-corrected chi connectivity index (χ0v) is 12.1. The van der Waals surface area contributed by atoms with Gasteiger partial charge in [0, 0.05) is 12.9 Å². The number of nitrogens with zero attached hydrogens (tertiary/aromatic N) is 1. The molecule has 19 heavy (non-hydrogen) atoms. The molecule has 4 nitrogen and oxygen atoms in total. The van der Waals surface area contributed by atoms with Crippen molar-refractivity contribution >= 4 is 13.3 Å². The van der Waals surface area contributed by atoms with Gasteiger partial charge in [-0.15, -0.1) is 0 Å². The van der Waals surface area contributed by atoms with E-state index in [2.05, 4.69) is 10.1 Å². The third-order valence-corrected chi connectivity index (χ3v) is 3.65. The van der Waals surface area contributed by atoms with Gasteiger partial charge in [-0.2, -0.15) is 0 Å². The second-order valence-electron chi connectivity index (χ2n) is 4.59. The normalized spacial score (nSPS) is 13.6. The molecule has 0 fully saturated rings. The van der Waals surface area contributed by atoms with Gasteiger partial charge in [-0.25, -0.2) is 4.98 Å². The smallest absolute Gasteiger partial charge is 0.339 e. The summed E-state index contributed by atoms with van der Waals surface area (Å²) < 4.78 is 18.0. The van der Waals surface area contributed by atoms with Crippen LogP contribution in [0, 0.1) is 13.8 Å². The molecule has 0 aliphatic carbocycles. The van der Waals surface area contributed by atoms with Crippen LogP contribution in [0.15, 0.2) is 42.6 Å². The summed E-state index contributed by atoms with van der Waals surface area (Å²) in [5, 5.41) is 2.83. The predicted molar refractivity (Wildman–Crippen MR) is 77.9 cm³/mol. The fraction of sp³-hybridized carbons (Fsp3) is 0.214. The highest BCUT2D eigenvalue weighted by atomic mass is 31.2. The molecule has 0 saturated heterocycles. The molecule has 1 aromatic carbocycles. The van der Waals surface area contributed by atoms with Gasteiger partial charge in [-0.1, -0.05) is 12.1 Å². The van der Waals surface area contributed by atoms with E-state index in [1.165, 1.54) is 0 Å². The van der Waals surface area contributed by atoms with Crippen LogP contribution in [0.2, 0.25) is 0 Å². The van der Waals surface area contributed by atoms with Gasteiger partial charge in [0.05, 0.1) is 0 Å². The Morgan fingerprint density at radius 1 is 1.16 bits per heavy atom. The number of aryl methyl sites for hydroxylation is 2. The molecular weight excluding hydrogens is 259 g/mol. The number of aromatic nitrogens is 1. The minimum absolute atomic E-state index is 0.540. The van der Waals surface area contributed by atoms with Crippen molar-refractivity contribution in [3.8, 4) is 5.75 Å². The van der Waals surface area contributed by atoms with Gasteiger partial charge in [-0.05, 0) is 49.2 Å². The van der Waals surface area contributed by atoms with E-state index in [1.54, 1.807) is 25.0 Å². The highest BCUT2D eigenvalue weighted by Crippen LogP contribution is 2.43. The van der Waals surface area contributed by atoms with E-state index in [4.69, 9.17) is 4.52 Å². The van der Waals surface area contributed by atoms with E-state index in [0.717, 1.165) is 11.1 Å². The highest BCUT2D eigenvalue weighted by Gasteiger charge is 2.18. The van der Waals surface area contributed by atoms with Crippen LogP contribution in [0.5, 0.6) is 5.75 Å². The van der Waals surface area contributed by atoms with Gasteiger partial charge >= 0.3 is 7.52 Å². The van der Waals surface area contributed by atoms with Crippen molar-refractivity contribution in [2.45, 2.75) is 13.8 Å². The molecule has 0 amide bonds. The Balaban J connectivity index is 2.15. The topological polar surface area (TPSA) is 51.2 Å². The lowest BCUT2D eigenvalue weighted by atomic mass is 10.1. The minimum Gasteiger partial charge on any atom is -0.429 e. The lowest BCUT2D eigenvalue weighted by molar-refractivity contribution is 0.493. The Morgan fingerprint density at radius 3 is 2.42 bits per heavy atom. The van der Waals surface area contributed by atoms with Crippen LogP contribution in [-0.4, -0.2) is 11.6 Å². The summed E-state index contributed by atoms with van der Waals surface area (Å²) in [6.45, 7) is 5.50. The van der Waals surface area contributed by atoms with E-state index in [1.807, 2.05) is 38.1 Å². The molecule has 100 valence electrons. The first-order valence-corrected chi connectivity index (χ1v) is 8.06. The fourth-order valence-electron chi connectivity index (χ4n) is 1.85. The minimum atomic E-state index is -2.99. The zero-order valence-electron chi connectivity index (χ0n) is 11.3. The van der Waals surface area contributed by atoms with Crippen LogP contribution >= 0.6 is 7.52 Å².